The molecule has 0 saturated carbocycles. The molecule has 0 saturated heterocycles. The Labute approximate surface area is 173 Å². The normalized spacial score (nSPS) is 19.1. The third kappa shape index (κ3) is 3.73. The Bertz CT molecular complexity index is 1090. The minimum Gasteiger partial charge on any atom is -0.359 e. The summed E-state index contributed by atoms with van der Waals surface area (Å²) in [6.07, 6.45) is 13.5. The molecular weight excluding hydrogens is 382 g/mol. The summed E-state index contributed by atoms with van der Waals surface area (Å²) in [6.45, 7) is 4.10. The number of hydrogen-bond donors (Lipinski definition) is 3. The van der Waals surface area contributed by atoms with Crippen molar-refractivity contribution < 1.29 is 9.59 Å². The molecule has 154 valence electrons. The second kappa shape index (κ2) is 8.32. The second-order valence-electron chi connectivity index (χ2n) is 7.10. The Morgan fingerprint density at radius 1 is 1.33 bits per heavy atom. The zero-order chi connectivity index (χ0) is 21.1. The summed E-state index contributed by atoms with van der Waals surface area (Å²) in [5, 5.41) is 7.03. The summed E-state index contributed by atoms with van der Waals surface area (Å²) < 4.78 is 1.51. The van der Waals surface area contributed by atoms with Crippen LogP contribution in [0.3, 0.4) is 0 Å². The van der Waals surface area contributed by atoms with E-state index in [-0.39, 0.29) is 11.8 Å². The van der Waals surface area contributed by atoms with Crippen molar-refractivity contribution in [3.63, 3.8) is 0 Å². The van der Waals surface area contributed by atoms with Crippen LogP contribution < -0.4 is 10.7 Å². The van der Waals surface area contributed by atoms with Crippen molar-refractivity contribution >= 4 is 29.8 Å². The van der Waals surface area contributed by atoms with Crippen LogP contribution in [0.5, 0.6) is 0 Å². The fourth-order valence-electron chi connectivity index (χ4n) is 3.78. The number of hydrazone groups is 1. The zero-order valence-corrected chi connectivity index (χ0v) is 16.8. The molecule has 2 aromatic rings. The standard InChI is InChI=1S/C21H23N7O2/c1-3-14-15(4-5-19(29)28-9-8-22-12-28)13(2)26-17(14)10-18-20(24-7-6-23-18)16-11-25-27-21(16)30/h6-12,16,23,26H,3-5H2,1-2H3,(H,27,30). The van der Waals surface area contributed by atoms with Gasteiger partial charge in [-0.3, -0.25) is 19.1 Å². The molecule has 3 N–H and O–H groups in total. The zero-order valence-electron chi connectivity index (χ0n) is 16.8. The summed E-state index contributed by atoms with van der Waals surface area (Å²) in [7, 11) is 0. The highest BCUT2D eigenvalue weighted by Gasteiger charge is 2.29. The first-order chi connectivity index (χ1) is 14.6. The lowest BCUT2D eigenvalue weighted by molar-refractivity contribution is -0.120. The number of aromatic nitrogens is 3. The molecule has 4 rings (SSSR count). The topological polar surface area (TPSA) is 117 Å². The van der Waals surface area contributed by atoms with E-state index in [0.29, 0.717) is 18.6 Å². The van der Waals surface area contributed by atoms with Gasteiger partial charge in [-0.15, -0.1) is 0 Å². The molecule has 9 nitrogen and oxygen atoms in total. The van der Waals surface area contributed by atoms with Gasteiger partial charge in [-0.1, -0.05) is 6.92 Å². The van der Waals surface area contributed by atoms with E-state index >= 15 is 0 Å². The fraction of sp³-hybridized carbons (Fsp3) is 0.286. The molecule has 0 radical (unpaired) electrons. The molecule has 2 aliphatic heterocycles. The molecule has 1 atom stereocenters. The van der Waals surface area contributed by atoms with Crippen LogP contribution in [-0.2, 0) is 17.6 Å². The maximum absolute atomic E-state index is 12.4. The monoisotopic (exact) mass is 405 g/mol. The number of aromatic amines is 1. The second-order valence-corrected chi connectivity index (χ2v) is 7.10. The van der Waals surface area contributed by atoms with E-state index in [1.165, 1.54) is 10.9 Å². The number of allylic oxidation sites excluding steroid dienone is 1. The number of aryl methyl sites for hydroxylation is 1. The smallest absolute Gasteiger partial charge is 0.254 e. The Hall–Kier alpha value is -3.75. The van der Waals surface area contributed by atoms with E-state index in [2.05, 4.69) is 37.7 Å². The van der Waals surface area contributed by atoms with Gasteiger partial charge in [0.15, 0.2) is 0 Å². The van der Waals surface area contributed by atoms with Crippen molar-refractivity contribution in [3.05, 3.63) is 59.3 Å². The van der Waals surface area contributed by atoms with E-state index in [1.807, 2.05) is 13.0 Å². The van der Waals surface area contributed by atoms with Crippen molar-refractivity contribution in [2.75, 3.05) is 0 Å². The highest BCUT2D eigenvalue weighted by atomic mass is 16.2. The van der Waals surface area contributed by atoms with Crippen molar-refractivity contribution in [1.29, 1.82) is 0 Å². The van der Waals surface area contributed by atoms with Gasteiger partial charge in [0.2, 0.25) is 5.91 Å². The number of imidazole rings is 1. The lowest BCUT2D eigenvalue weighted by atomic mass is 9.98. The molecule has 30 heavy (non-hydrogen) atoms. The largest absolute Gasteiger partial charge is 0.359 e. The van der Waals surface area contributed by atoms with E-state index in [4.69, 9.17) is 0 Å². The quantitative estimate of drug-likeness (QED) is 0.681. The first kappa shape index (κ1) is 19.6. The fourth-order valence-corrected chi connectivity index (χ4v) is 3.78. The molecule has 0 fully saturated rings. The van der Waals surface area contributed by atoms with Gasteiger partial charge >= 0.3 is 0 Å². The number of nitrogens with one attached hydrogen (secondary N) is 3. The third-order valence-corrected chi connectivity index (χ3v) is 5.27. The highest BCUT2D eigenvalue weighted by Crippen LogP contribution is 2.25. The van der Waals surface area contributed by atoms with Gasteiger partial charge in [-0.05, 0) is 37.0 Å². The molecule has 0 spiro atoms. The maximum Gasteiger partial charge on any atom is 0.254 e. The van der Waals surface area contributed by atoms with Crippen LogP contribution in [0.2, 0.25) is 0 Å². The first-order valence-electron chi connectivity index (χ1n) is 9.84. The van der Waals surface area contributed by atoms with Crippen LogP contribution in [-0.4, -0.2) is 38.3 Å². The first-order valence-corrected chi connectivity index (χ1v) is 9.84. The van der Waals surface area contributed by atoms with Crippen molar-refractivity contribution in [2.45, 2.75) is 33.1 Å². The third-order valence-electron chi connectivity index (χ3n) is 5.27. The predicted octanol–water partition coefficient (Wildman–Crippen LogP) is 1.94. The van der Waals surface area contributed by atoms with Gasteiger partial charge in [-0.2, -0.15) is 5.10 Å². The lowest BCUT2D eigenvalue weighted by Gasteiger charge is -2.16. The van der Waals surface area contributed by atoms with Crippen LogP contribution in [0.25, 0.3) is 6.08 Å². The summed E-state index contributed by atoms with van der Waals surface area (Å²) >= 11 is 0. The van der Waals surface area contributed by atoms with Crippen molar-refractivity contribution in [1.82, 2.24) is 25.3 Å². The number of H-pyrrole nitrogens is 1. The van der Waals surface area contributed by atoms with Crippen LogP contribution in [0.1, 0.15) is 40.7 Å². The summed E-state index contributed by atoms with van der Waals surface area (Å²) in [4.78, 5) is 36.2. The number of rotatable bonds is 6. The molecule has 1 unspecified atom stereocenters. The van der Waals surface area contributed by atoms with Gasteiger partial charge in [0.25, 0.3) is 5.91 Å². The lowest BCUT2D eigenvalue weighted by Crippen LogP contribution is -2.32. The van der Waals surface area contributed by atoms with E-state index in [1.54, 1.807) is 31.0 Å². The van der Waals surface area contributed by atoms with E-state index < -0.39 is 5.92 Å². The Morgan fingerprint density at radius 2 is 2.20 bits per heavy atom. The van der Waals surface area contributed by atoms with Gasteiger partial charge in [0.1, 0.15) is 12.2 Å². The number of amides is 1. The molecule has 4 heterocycles. The molecule has 1 amide bonds. The highest BCUT2D eigenvalue weighted by molar-refractivity contribution is 6.24. The van der Waals surface area contributed by atoms with Crippen LogP contribution in [0.4, 0.5) is 0 Å². The minimum absolute atomic E-state index is 0.00935. The van der Waals surface area contributed by atoms with Crippen molar-refractivity contribution in [3.8, 4) is 0 Å². The van der Waals surface area contributed by atoms with E-state index in [0.717, 1.165) is 34.6 Å². The maximum atomic E-state index is 12.4. The molecular formula is C21H23N7O2. The van der Waals surface area contributed by atoms with Gasteiger partial charge in [0, 0.05) is 48.8 Å². The number of aliphatic imine (C=N–C) groups is 1. The molecule has 9 heteroatoms. The van der Waals surface area contributed by atoms with Gasteiger partial charge < -0.3 is 10.3 Å². The molecule has 2 aliphatic rings. The van der Waals surface area contributed by atoms with Crippen LogP contribution in [0, 0.1) is 12.8 Å². The van der Waals surface area contributed by atoms with Gasteiger partial charge in [0.05, 0.1) is 11.4 Å². The van der Waals surface area contributed by atoms with Crippen LogP contribution >= 0.6 is 0 Å². The minimum atomic E-state index is -0.526. The van der Waals surface area contributed by atoms with Crippen molar-refractivity contribution in [2.24, 2.45) is 16.0 Å². The Balaban J connectivity index is 1.60. The number of nitrogens with zero attached hydrogens (tertiary/aromatic N) is 4. The molecule has 0 bridgehead atoms. The molecule has 0 aliphatic carbocycles. The number of carbonyl (C=O) groups excluding carboxylic acids is 2. The average Bonchev–Trinajstić information content (AvgIpc) is 3.48. The molecule has 2 aromatic heterocycles. The summed E-state index contributed by atoms with van der Waals surface area (Å²) in [5.41, 5.74) is 8.07. The summed E-state index contributed by atoms with van der Waals surface area (Å²) in [5.74, 6) is -0.717. The van der Waals surface area contributed by atoms with Crippen LogP contribution in [0.15, 0.2) is 46.9 Å². The average molecular weight is 405 g/mol. The Kier molecular flexibility index (Phi) is 5.42. The Morgan fingerprint density at radius 3 is 2.90 bits per heavy atom. The number of hydrogen-bond acceptors (Lipinski definition) is 6. The van der Waals surface area contributed by atoms with E-state index in [9.17, 15) is 9.59 Å². The number of carbonyl (C=O) groups is 2. The summed E-state index contributed by atoms with van der Waals surface area (Å²) in [6, 6.07) is 0. The van der Waals surface area contributed by atoms with Gasteiger partial charge in [-0.25, -0.2) is 10.4 Å². The predicted molar refractivity (Wildman–Crippen MR) is 114 cm³/mol. The SMILES string of the molecule is CCc1c(C=C2NC=CN=C2C2C=NNC2=O)[nH]c(C)c1CCC(=O)n1ccnc1. The molecule has 0 aromatic carbocycles.